The van der Waals surface area contributed by atoms with Gasteiger partial charge in [0.2, 0.25) is 10.0 Å². The number of aryl methyl sites for hydroxylation is 2. The monoisotopic (exact) mass is 402 g/mol. The van der Waals surface area contributed by atoms with E-state index in [1.165, 1.54) is 15.4 Å². The van der Waals surface area contributed by atoms with Gasteiger partial charge in [0.25, 0.3) is 5.91 Å². The summed E-state index contributed by atoms with van der Waals surface area (Å²) >= 11 is 0. The number of rotatable bonds is 7. The minimum absolute atomic E-state index is 0.0169. The molecule has 6 nitrogen and oxygen atoms in total. The molecule has 0 spiro atoms. The second-order valence-electron chi connectivity index (χ2n) is 6.89. The van der Waals surface area contributed by atoms with E-state index in [-0.39, 0.29) is 18.2 Å². The first-order valence-corrected chi connectivity index (χ1v) is 11.1. The van der Waals surface area contributed by atoms with Gasteiger partial charge in [-0.3, -0.25) is 9.10 Å². The van der Waals surface area contributed by atoms with Gasteiger partial charge in [-0.1, -0.05) is 42.0 Å². The summed E-state index contributed by atoms with van der Waals surface area (Å²) in [6.07, 6.45) is 0.802. The molecule has 0 aromatic heterocycles. The Morgan fingerprint density at radius 2 is 1.89 bits per heavy atom. The minimum atomic E-state index is -3.49. The molecule has 0 unspecified atom stereocenters. The van der Waals surface area contributed by atoms with Crippen LogP contribution in [-0.4, -0.2) is 39.3 Å². The van der Waals surface area contributed by atoms with E-state index in [2.05, 4.69) is 29.6 Å². The fourth-order valence-corrected chi connectivity index (χ4v) is 4.26. The van der Waals surface area contributed by atoms with Gasteiger partial charge in [-0.15, -0.1) is 0 Å². The molecule has 1 aliphatic heterocycles. The van der Waals surface area contributed by atoms with Gasteiger partial charge in [0.05, 0.1) is 18.0 Å². The lowest BCUT2D eigenvalue weighted by Gasteiger charge is -2.34. The van der Waals surface area contributed by atoms with E-state index < -0.39 is 16.1 Å². The lowest BCUT2D eigenvalue weighted by molar-refractivity contribution is -0.127. The van der Waals surface area contributed by atoms with E-state index in [9.17, 15) is 13.2 Å². The van der Waals surface area contributed by atoms with Crippen molar-refractivity contribution in [1.29, 1.82) is 0 Å². The summed E-state index contributed by atoms with van der Waals surface area (Å²) in [5, 5.41) is 2.87. The van der Waals surface area contributed by atoms with E-state index in [1.807, 2.05) is 6.92 Å². The van der Waals surface area contributed by atoms with Crippen LogP contribution in [0, 0.1) is 6.92 Å². The fraction of sp³-hybridized carbons (Fsp3) is 0.381. The van der Waals surface area contributed by atoms with Crippen LogP contribution in [0.2, 0.25) is 0 Å². The quantitative estimate of drug-likeness (QED) is 0.723. The van der Waals surface area contributed by atoms with Crippen molar-refractivity contribution in [2.45, 2.75) is 32.8 Å². The second kappa shape index (κ2) is 8.65. The molecule has 2 aromatic carbocycles. The molecule has 3 rings (SSSR count). The highest BCUT2D eigenvalue weighted by molar-refractivity contribution is 7.92. The maximum absolute atomic E-state index is 12.6. The predicted octanol–water partition coefficient (Wildman–Crippen LogP) is 2.66. The second-order valence-corrected chi connectivity index (χ2v) is 9.07. The first-order chi connectivity index (χ1) is 13.4. The van der Waals surface area contributed by atoms with E-state index in [0.29, 0.717) is 18.0 Å². The molecule has 2 aromatic rings. The predicted molar refractivity (Wildman–Crippen MR) is 110 cm³/mol. The van der Waals surface area contributed by atoms with E-state index in [1.54, 1.807) is 31.2 Å². The number of amides is 1. The first kappa shape index (κ1) is 20.2. The van der Waals surface area contributed by atoms with E-state index >= 15 is 0 Å². The number of carbonyl (C=O) groups excluding carboxylic acids is 1. The zero-order chi connectivity index (χ0) is 20.1. The number of para-hydroxylation sites is 2. The summed E-state index contributed by atoms with van der Waals surface area (Å²) in [4.78, 5) is 12.6. The van der Waals surface area contributed by atoms with Crippen molar-refractivity contribution in [3.05, 3.63) is 59.7 Å². The van der Waals surface area contributed by atoms with Gasteiger partial charge in [-0.05, 0) is 44.4 Å². The average molecular weight is 403 g/mol. The Morgan fingerprint density at radius 1 is 1.18 bits per heavy atom. The van der Waals surface area contributed by atoms with Crippen LogP contribution < -0.4 is 14.4 Å². The summed E-state index contributed by atoms with van der Waals surface area (Å²) in [5.41, 5.74) is 2.93. The number of fused-ring (bicyclic) bond motifs is 1. The molecule has 1 aliphatic rings. The van der Waals surface area contributed by atoms with Gasteiger partial charge < -0.3 is 10.1 Å². The van der Waals surface area contributed by atoms with Crippen LogP contribution in [-0.2, 0) is 21.2 Å². The van der Waals surface area contributed by atoms with Crippen molar-refractivity contribution in [3.8, 4) is 5.75 Å². The Labute approximate surface area is 166 Å². The minimum Gasteiger partial charge on any atom is -0.476 e. The maximum atomic E-state index is 12.6. The lowest BCUT2D eigenvalue weighted by Crippen LogP contribution is -2.51. The summed E-state index contributed by atoms with van der Waals surface area (Å²) in [6.45, 7) is 4.13. The van der Waals surface area contributed by atoms with Gasteiger partial charge in [0.1, 0.15) is 5.75 Å². The number of benzene rings is 2. The molecule has 1 atom stereocenters. The van der Waals surface area contributed by atoms with Crippen LogP contribution in [0.25, 0.3) is 0 Å². The molecule has 0 bridgehead atoms. The molecule has 1 heterocycles. The van der Waals surface area contributed by atoms with E-state index in [0.717, 1.165) is 12.8 Å². The van der Waals surface area contributed by atoms with Crippen LogP contribution in [0.3, 0.4) is 0 Å². The molecular formula is C21H26N2O4S. The molecule has 0 aliphatic carbocycles. The van der Waals surface area contributed by atoms with Gasteiger partial charge in [0, 0.05) is 6.54 Å². The van der Waals surface area contributed by atoms with Crippen molar-refractivity contribution in [2.75, 3.05) is 23.1 Å². The number of hydrogen-bond acceptors (Lipinski definition) is 4. The van der Waals surface area contributed by atoms with Crippen LogP contribution in [0.1, 0.15) is 24.5 Å². The number of carbonyl (C=O) groups is 1. The van der Waals surface area contributed by atoms with Crippen LogP contribution >= 0.6 is 0 Å². The molecule has 0 saturated carbocycles. The number of sulfonamides is 1. The Balaban J connectivity index is 1.60. The zero-order valence-corrected chi connectivity index (χ0v) is 17.0. The average Bonchev–Trinajstić information content (AvgIpc) is 2.71. The number of anilines is 1. The third-order valence-corrected chi connectivity index (χ3v) is 6.54. The Bertz CT molecular complexity index is 926. The third kappa shape index (κ3) is 4.65. The SMILES string of the molecule is CCS(=O)(=O)N1C[C@@H](C(=O)NCCCc2ccc(C)cc2)Oc2ccccc21. The van der Waals surface area contributed by atoms with Crippen LogP contribution in [0.5, 0.6) is 5.75 Å². The summed E-state index contributed by atoms with van der Waals surface area (Å²) < 4.78 is 32.0. The number of ether oxygens (including phenoxy) is 1. The molecular weight excluding hydrogens is 376 g/mol. The lowest BCUT2D eigenvalue weighted by atomic mass is 10.1. The normalized spacial score (nSPS) is 16.2. The van der Waals surface area contributed by atoms with Gasteiger partial charge in [-0.25, -0.2) is 8.42 Å². The first-order valence-electron chi connectivity index (χ1n) is 9.50. The van der Waals surface area contributed by atoms with Crippen molar-refractivity contribution < 1.29 is 17.9 Å². The molecule has 0 fully saturated rings. The molecule has 1 N–H and O–H groups in total. The molecule has 28 heavy (non-hydrogen) atoms. The highest BCUT2D eigenvalue weighted by Gasteiger charge is 2.35. The van der Waals surface area contributed by atoms with Crippen LogP contribution in [0.15, 0.2) is 48.5 Å². The largest absolute Gasteiger partial charge is 0.476 e. The van der Waals surface area contributed by atoms with Crippen molar-refractivity contribution in [2.24, 2.45) is 0 Å². The number of hydrogen-bond donors (Lipinski definition) is 1. The summed E-state index contributed by atoms with van der Waals surface area (Å²) in [6, 6.07) is 15.2. The molecule has 1 amide bonds. The molecule has 0 saturated heterocycles. The topological polar surface area (TPSA) is 75.7 Å². The smallest absolute Gasteiger partial charge is 0.263 e. The van der Waals surface area contributed by atoms with E-state index in [4.69, 9.17) is 4.74 Å². The van der Waals surface area contributed by atoms with Crippen molar-refractivity contribution >= 4 is 21.6 Å². The highest BCUT2D eigenvalue weighted by Crippen LogP contribution is 2.35. The molecule has 0 radical (unpaired) electrons. The van der Waals surface area contributed by atoms with Gasteiger partial charge in [-0.2, -0.15) is 0 Å². The maximum Gasteiger partial charge on any atom is 0.263 e. The number of nitrogens with one attached hydrogen (secondary N) is 1. The Hall–Kier alpha value is -2.54. The Kier molecular flexibility index (Phi) is 6.24. The van der Waals surface area contributed by atoms with Crippen molar-refractivity contribution in [3.63, 3.8) is 0 Å². The van der Waals surface area contributed by atoms with Crippen LogP contribution in [0.4, 0.5) is 5.69 Å². The summed E-state index contributed by atoms with van der Waals surface area (Å²) in [5.74, 6) is 0.0759. The van der Waals surface area contributed by atoms with Gasteiger partial charge >= 0.3 is 0 Å². The number of nitrogens with zero attached hydrogens (tertiary/aromatic N) is 1. The third-order valence-electron chi connectivity index (χ3n) is 4.79. The highest BCUT2D eigenvalue weighted by atomic mass is 32.2. The standard InChI is InChI=1S/C21H26N2O4S/c1-3-28(25,26)23-15-20(27-19-9-5-4-8-18(19)23)21(24)22-14-6-7-17-12-10-16(2)11-13-17/h4-5,8-13,20H,3,6-7,14-15H2,1-2H3,(H,22,24)/t20-/m0/s1. The fourth-order valence-electron chi connectivity index (χ4n) is 3.13. The zero-order valence-electron chi connectivity index (χ0n) is 16.2. The Morgan fingerprint density at radius 3 is 2.61 bits per heavy atom. The molecule has 7 heteroatoms. The van der Waals surface area contributed by atoms with Crippen molar-refractivity contribution in [1.82, 2.24) is 5.32 Å². The molecule has 150 valence electrons. The summed E-state index contributed by atoms with van der Waals surface area (Å²) in [7, 11) is -3.49. The van der Waals surface area contributed by atoms with Gasteiger partial charge in [0.15, 0.2) is 6.10 Å².